The van der Waals surface area contributed by atoms with Crippen molar-refractivity contribution in [1.29, 1.82) is 5.26 Å². The van der Waals surface area contributed by atoms with Gasteiger partial charge in [0.1, 0.15) is 17.3 Å². The van der Waals surface area contributed by atoms with Crippen LogP contribution >= 0.6 is 11.6 Å². The van der Waals surface area contributed by atoms with E-state index in [9.17, 15) is 10.1 Å². The fourth-order valence-corrected chi connectivity index (χ4v) is 2.51. The lowest BCUT2D eigenvalue weighted by Crippen LogP contribution is -2.27. The third-order valence-corrected chi connectivity index (χ3v) is 3.75. The number of allylic oxidation sites excluding steroid dienone is 1. The molecule has 0 atom stereocenters. The molecule has 0 aromatic heterocycles. The summed E-state index contributed by atoms with van der Waals surface area (Å²) in [5, 5.41) is 15.2. The molecule has 3 rings (SSSR count). The molecule has 1 heterocycles. The highest BCUT2D eigenvalue weighted by Crippen LogP contribution is 2.32. The van der Waals surface area contributed by atoms with Crippen LogP contribution in [0.4, 0.5) is 11.4 Å². The zero-order chi connectivity index (χ0) is 16.9. The van der Waals surface area contributed by atoms with E-state index in [1.165, 1.54) is 0 Å². The first kappa shape index (κ1) is 15.8. The number of carbonyl (C=O) groups is 1. The third kappa shape index (κ3) is 3.29. The van der Waals surface area contributed by atoms with Crippen molar-refractivity contribution in [1.82, 2.24) is 5.32 Å². The standard InChI is InChI=1S/C18H13ClN4O/c19-17-16(22-14-8-4-5-9-15(14)23-17)13(10-20)18(24)21-11-12-6-2-1-3-7-12/h1-9,22H,11H2,(H,21,24)/b16-13-. The lowest BCUT2D eigenvalue weighted by molar-refractivity contribution is -0.117. The van der Waals surface area contributed by atoms with Gasteiger partial charge >= 0.3 is 0 Å². The largest absolute Gasteiger partial charge is 0.350 e. The molecule has 6 heteroatoms. The van der Waals surface area contributed by atoms with Crippen molar-refractivity contribution in [3.05, 3.63) is 71.4 Å². The molecule has 118 valence electrons. The van der Waals surface area contributed by atoms with Gasteiger partial charge in [-0.15, -0.1) is 0 Å². The lowest BCUT2D eigenvalue weighted by atomic mass is 10.1. The second-order valence-corrected chi connectivity index (χ2v) is 5.43. The Balaban J connectivity index is 1.84. The minimum Gasteiger partial charge on any atom is -0.350 e. The van der Waals surface area contributed by atoms with Crippen LogP contribution in [-0.2, 0) is 11.3 Å². The number of anilines is 1. The van der Waals surface area contributed by atoms with E-state index in [1.54, 1.807) is 12.1 Å². The minimum absolute atomic E-state index is 0.0834. The summed E-state index contributed by atoms with van der Waals surface area (Å²) in [7, 11) is 0. The number of halogens is 1. The molecule has 24 heavy (non-hydrogen) atoms. The van der Waals surface area contributed by atoms with Gasteiger partial charge in [0.05, 0.1) is 11.4 Å². The number of nitriles is 1. The van der Waals surface area contributed by atoms with Gasteiger partial charge in [-0.05, 0) is 17.7 Å². The van der Waals surface area contributed by atoms with Crippen LogP contribution in [0.2, 0.25) is 0 Å². The van der Waals surface area contributed by atoms with Crippen LogP contribution in [0.1, 0.15) is 5.56 Å². The molecule has 0 bridgehead atoms. The first-order valence-electron chi connectivity index (χ1n) is 7.26. The number of aliphatic imine (C=N–C) groups is 1. The van der Waals surface area contributed by atoms with E-state index in [0.717, 1.165) is 5.56 Å². The van der Waals surface area contributed by atoms with Crippen molar-refractivity contribution >= 4 is 34.1 Å². The Labute approximate surface area is 144 Å². The van der Waals surface area contributed by atoms with Gasteiger partial charge < -0.3 is 10.6 Å². The molecule has 1 aliphatic rings. The summed E-state index contributed by atoms with van der Waals surface area (Å²) in [5.74, 6) is -0.503. The van der Waals surface area contributed by atoms with Crippen molar-refractivity contribution in [2.24, 2.45) is 4.99 Å². The molecule has 0 saturated heterocycles. The van der Waals surface area contributed by atoms with E-state index in [4.69, 9.17) is 11.6 Å². The summed E-state index contributed by atoms with van der Waals surface area (Å²) in [5.41, 5.74) is 2.40. The maximum atomic E-state index is 12.4. The normalized spacial score (nSPS) is 14.6. The molecular formula is C18H13ClN4O. The van der Waals surface area contributed by atoms with Gasteiger partial charge in [0.25, 0.3) is 5.91 Å². The second kappa shape index (κ2) is 6.99. The quantitative estimate of drug-likeness (QED) is 0.665. The van der Waals surface area contributed by atoms with Crippen LogP contribution in [0.3, 0.4) is 0 Å². The molecule has 2 N–H and O–H groups in total. The Kier molecular flexibility index (Phi) is 4.59. The van der Waals surface area contributed by atoms with Gasteiger partial charge in [0.15, 0.2) is 5.17 Å². The molecule has 0 spiro atoms. The van der Waals surface area contributed by atoms with Gasteiger partial charge in [0, 0.05) is 6.54 Å². The number of hydrogen-bond acceptors (Lipinski definition) is 4. The summed E-state index contributed by atoms with van der Waals surface area (Å²) in [6.45, 7) is 0.323. The van der Waals surface area contributed by atoms with Gasteiger partial charge in [-0.25, -0.2) is 4.99 Å². The number of fused-ring (bicyclic) bond motifs is 1. The maximum Gasteiger partial charge on any atom is 0.264 e. The molecule has 0 aliphatic carbocycles. The average Bonchev–Trinajstić information content (AvgIpc) is 2.62. The van der Waals surface area contributed by atoms with Crippen molar-refractivity contribution in [2.75, 3.05) is 5.32 Å². The number of rotatable bonds is 3. The third-order valence-electron chi connectivity index (χ3n) is 3.47. The molecular weight excluding hydrogens is 324 g/mol. The topological polar surface area (TPSA) is 77.3 Å². The minimum atomic E-state index is -0.503. The summed E-state index contributed by atoms with van der Waals surface area (Å²) < 4.78 is 0. The molecule has 0 unspecified atom stereocenters. The number of amides is 1. The van der Waals surface area contributed by atoms with Crippen molar-refractivity contribution in [3.8, 4) is 6.07 Å². The molecule has 2 aromatic carbocycles. The summed E-state index contributed by atoms with van der Waals surface area (Å²) in [6, 6.07) is 18.6. The lowest BCUT2D eigenvalue weighted by Gasteiger charge is -2.18. The molecule has 0 fully saturated rings. The SMILES string of the molecule is N#C/C(C(=O)NCc1ccccc1)=C1/Nc2ccccc2N=C1Cl. The predicted octanol–water partition coefficient (Wildman–Crippen LogP) is 3.47. The highest BCUT2D eigenvalue weighted by Gasteiger charge is 2.23. The van der Waals surface area contributed by atoms with E-state index >= 15 is 0 Å². The maximum absolute atomic E-state index is 12.4. The zero-order valence-electron chi connectivity index (χ0n) is 12.6. The van der Waals surface area contributed by atoms with Crippen molar-refractivity contribution in [2.45, 2.75) is 6.54 Å². The number of nitrogens with zero attached hydrogens (tertiary/aromatic N) is 2. The first-order valence-corrected chi connectivity index (χ1v) is 7.64. The van der Waals surface area contributed by atoms with Gasteiger partial charge in [-0.2, -0.15) is 5.26 Å². The fraction of sp³-hybridized carbons (Fsp3) is 0.0556. The average molecular weight is 337 g/mol. The van der Waals surface area contributed by atoms with E-state index in [1.807, 2.05) is 48.5 Å². The van der Waals surface area contributed by atoms with E-state index in [0.29, 0.717) is 17.9 Å². The summed E-state index contributed by atoms with van der Waals surface area (Å²) in [4.78, 5) is 16.6. The monoisotopic (exact) mass is 336 g/mol. The van der Waals surface area contributed by atoms with Crippen molar-refractivity contribution < 1.29 is 4.79 Å². The Hall–Kier alpha value is -3.10. The van der Waals surface area contributed by atoms with Gasteiger partial charge in [-0.1, -0.05) is 54.1 Å². The summed E-state index contributed by atoms with van der Waals surface area (Å²) >= 11 is 6.14. The molecule has 0 radical (unpaired) electrons. The molecule has 2 aromatic rings. The Bertz CT molecular complexity index is 881. The second-order valence-electron chi connectivity index (χ2n) is 5.07. The van der Waals surface area contributed by atoms with Crippen LogP contribution in [-0.4, -0.2) is 11.1 Å². The summed E-state index contributed by atoms with van der Waals surface area (Å²) in [6.07, 6.45) is 0. The zero-order valence-corrected chi connectivity index (χ0v) is 13.3. The smallest absolute Gasteiger partial charge is 0.264 e. The number of carbonyl (C=O) groups excluding carboxylic acids is 1. The molecule has 0 saturated carbocycles. The number of hydrogen-bond donors (Lipinski definition) is 2. The van der Waals surface area contributed by atoms with Gasteiger partial charge in [-0.3, -0.25) is 4.79 Å². The van der Waals surface area contributed by atoms with Crippen LogP contribution in [0.25, 0.3) is 0 Å². The van der Waals surface area contributed by atoms with Crippen LogP contribution < -0.4 is 10.6 Å². The Morgan fingerprint density at radius 1 is 1.17 bits per heavy atom. The van der Waals surface area contributed by atoms with Crippen LogP contribution in [0.15, 0.2) is 70.9 Å². The Morgan fingerprint density at radius 3 is 2.62 bits per heavy atom. The van der Waals surface area contributed by atoms with E-state index in [-0.39, 0.29) is 16.4 Å². The van der Waals surface area contributed by atoms with Crippen molar-refractivity contribution in [3.63, 3.8) is 0 Å². The van der Waals surface area contributed by atoms with E-state index in [2.05, 4.69) is 15.6 Å². The highest BCUT2D eigenvalue weighted by atomic mass is 35.5. The Morgan fingerprint density at radius 2 is 1.88 bits per heavy atom. The fourth-order valence-electron chi connectivity index (χ4n) is 2.28. The van der Waals surface area contributed by atoms with Crippen LogP contribution in [0, 0.1) is 11.3 Å². The number of benzene rings is 2. The predicted molar refractivity (Wildman–Crippen MR) is 93.9 cm³/mol. The van der Waals surface area contributed by atoms with Gasteiger partial charge in [0.2, 0.25) is 0 Å². The molecule has 1 amide bonds. The number of para-hydroxylation sites is 2. The molecule has 5 nitrogen and oxygen atoms in total. The number of nitrogens with one attached hydrogen (secondary N) is 2. The first-order chi connectivity index (χ1) is 11.7. The van der Waals surface area contributed by atoms with Crippen LogP contribution in [0.5, 0.6) is 0 Å². The molecule has 1 aliphatic heterocycles. The van der Waals surface area contributed by atoms with E-state index < -0.39 is 5.91 Å². The highest BCUT2D eigenvalue weighted by molar-refractivity contribution is 6.70.